The third-order valence-corrected chi connectivity index (χ3v) is 3.84. The monoisotopic (exact) mass is 278 g/mol. The number of hydrogen-bond acceptors (Lipinski definition) is 2. The molecule has 0 amide bonds. The molecule has 0 saturated heterocycles. The third-order valence-electron chi connectivity index (χ3n) is 3.18. The van der Waals surface area contributed by atoms with E-state index in [9.17, 15) is 0 Å². The predicted octanol–water partition coefficient (Wildman–Crippen LogP) is 3.92. The Balaban J connectivity index is 2.03. The van der Waals surface area contributed by atoms with E-state index in [0.717, 1.165) is 22.6 Å². The highest BCUT2D eigenvalue weighted by molar-refractivity contribution is 9.10. The van der Waals surface area contributed by atoms with Crippen LogP contribution in [0.1, 0.15) is 31.2 Å². The van der Waals surface area contributed by atoms with Crippen molar-refractivity contribution < 1.29 is 0 Å². The molecule has 1 aromatic rings. The van der Waals surface area contributed by atoms with Gasteiger partial charge in [0, 0.05) is 11.0 Å². The molecule has 0 bridgehead atoms. The fourth-order valence-corrected chi connectivity index (χ4v) is 2.71. The minimum atomic E-state index is 0.709. The van der Waals surface area contributed by atoms with Crippen molar-refractivity contribution in [3.05, 3.63) is 28.2 Å². The molecule has 1 aromatic carbocycles. The van der Waals surface area contributed by atoms with Crippen molar-refractivity contribution in [2.75, 3.05) is 11.9 Å². The zero-order valence-corrected chi connectivity index (χ0v) is 10.8. The van der Waals surface area contributed by atoms with Crippen molar-refractivity contribution in [1.82, 2.24) is 0 Å². The lowest BCUT2D eigenvalue weighted by atomic mass is 10.1. The molecule has 1 saturated carbocycles. The molecule has 1 aliphatic carbocycles. The first-order chi connectivity index (χ1) is 7.81. The topological polar surface area (TPSA) is 35.8 Å². The average molecular weight is 279 g/mol. The molecule has 1 aliphatic rings. The van der Waals surface area contributed by atoms with E-state index in [2.05, 4.69) is 27.3 Å². The number of rotatable bonds is 3. The number of hydrogen-bond donors (Lipinski definition) is 1. The fraction of sp³-hybridized carbons (Fsp3) is 0.462. The highest BCUT2D eigenvalue weighted by atomic mass is 79.9. The zero-order valence-electron chi connectivity index (χ0n) is 9.17. The Morgan fingerprint density at radius 2 is 2.12 bits per heavy atom. The van der Waals surface area contributed by atoms with Gasteiger partial charge in [0.2, 0.25) is 0 Å². The fourth-order valence-electron chi connectivity index (χ4n) is 2.25. The summed E-state index contributed by atoms with van der Waals surface area (Å²) in [7, 11) is 0. The largest absolute Gasteiger partial charge is 0.384 e. The van der Waals surface area contributed by atoms with Gasteiger partial charge in [0.15, 0.2) is 0 Å². The minimum absolute atomic E-state index is 0.709. The maximum Gasteiger partial charge on any atom is 0.103 e. The smallest absolute Gasteiger partial charge is 0.103 e. The summed E-state index contributed by atoms with van der Waals surface area (Å²) in [6.07, 6.45) is 5.36. The van der Waals surface area contributed by atoms with Crippen molar-refractivity contribution in [3.63, 3.8) is 0 Å². The minimum Gasteiger partial charge on any atom is -0.384 e. The van der Waals surface area contributed by atoms with Gasteiger partial charge in [-0.3, -0.25) is 0 Å². The number of nitrogens with zero attached hydrogens (tertiary/aromatic N) is 1. The molecule has 0 unspecified atom stereocenters. The summed E-state index contributed by atoms with van der Waals surface area (Å²) in [5, 5.41) is 12.5. The van der Waals surface area contributed by atoms with Crippen molar-refractivity contribution in [3.8, 4) is 6.07 Å². The second-order valence-electron chi connectivity index (χ2n) is 4.31. The first-order valence-electron chi connectivity index (χ1n) is 5.73. The Hall–Kier alpha value is -1.01. The average Bonchev–Trinajstić information content (AvgIpc) is 2.79. The van der Waals surface area contributed by atoms with Crippen LogP contribution in [0.25, 0.3) is 0 Å². The Bertz CT molecular complexity index is 403. The van der Waals surface area contributed by atoms with E-state index < -0.39 is 0 Å². The molecule has 0 spiro atoms. The van der Waals surface area contributed by atoms with E-state index in [-0.39, 0.29) is 0 Å². The molecule has 1 N–H and O–H groups in total. The number of nitriles is 1. The molecule has 0 heterocycles. The Morgan fingerprint density at radius 1 is 1.38 bits per heavy atom. The second-order valence-corrected chi connectivity index (χ2v) is 5.16. The first kappa shape index (κ1) is 11.5. The highest BCUT2D eigenvalue weighted by Gasteiger charge is 2.15. The Labute approximate surface area is 105 Å². The lowest BCUT2D eigenvalue weighted by molar-refractivity contribution is 0.580. The van der Waals surface area contributed by atoms with Crippen LogP contribution in [0.5, 0.6) is 0 Å². The van der Waals surface area contributed by atoms with Gasteiger partial charge in [-0.05, 0) is 46.8 Å². The molecule has 1 fully saturated rings. The van der Waals surface area contributed by atoms with Crippen LogP contribution in [0, 0.1) is 17.2 Å². The summed E-state index contributed by atoms with van der Waals surface area (Å²) >= 11 is 3.40. The maximum atomic E-state index is 9.07. The number of anilines is 1. The molecular weight excluding hydrogens is 264 g/mol. The van der Waals surface area contributed by atoms with Crippen molar-refractivity contribution in [2.24, 2.45) is 5.92 Å². The Kier molecular flexibility index (Phi) is 3.84. The van der Waals surface area contributed by atoms with Gasteiger partial charge in [0.25, 0.3) is 0 Å². The molecule has 16 heavy (non-hydrogen) atoms. The van der Waals surface area contributed by atoms with Crippen LogP contribution < -0.4 is 5.32 Å². The van der Waals surface area contributed by atoms with Gasteiger partial charge in [-0.25, -0.2) is 0 Å². The van der Waals surface area contributed by atoms with Crippen LogP contribution in [0.4, 0.5) is 5.69 Å². The molecule has 0 aliphatic heterocycles. The third kappa shape index (κ3) is 2.56. The highest BCUT2D eigenvalue weighted by Crippen LogP contribution is 2.27. The predicted molar refractivity (Wildman–Crippen MR) is 69.3 cm³/mol. The summed E-state index contributed by atoms with van der Waals surface area (Å²) in [5.74, 6) is 0.783. The van der Waals surface area contributed by atoms with Gasteiger partial charge >= 0.3 is 0 Å². The van der Waals surface area contributed by atoms with Crippen molar-refractivity contribution >= 4 is 21.6 Å². The molecular formula is C13H15BrN2. The van der Waals surface area contributed by atoms with Crippen LogP contribution in [0.2, 0.25) is 0 Å². The zero-order chi connectivity index (χ0) is 11.4. The van der Waals surface area contributed by atoms with Gasteiger partial charge in [0.05, 0.1) is 11.3 Å². The molecule has 84 valence electrons. The first-order valence-corrected chi connectivity index (χ1v) is 6.53. The van der Waals surface area contributed by atoms with E-state index in [4.69, 9.17) is 5.26 Å². The summed E-state index contributed by atoms with van der Waals surface area (Å²) in [6.45, 7) is 0.991. The van der Waals surface area contributed by atoms with Gasteiger partial charge in [-0.15, -0.1) is 0 Å². The lowest BCUT2D eigenvalue weighted by Crippen LogP contribution is -2.11. The van der Waals surface area contributed by atoms with Crippen LogP contribution >= 0.6 is 15.9 Å². The molecule has 3 heteroatoms. The number of benzene rings is 1. The van der Waals surface area contributed by atoms with Crippen molar-refractivity contribution in [1.29, 1.82) is 5.26 Å². The van der Waals surface area contributed by atoms with Gasteiger partial charge < -0.3 is 5.32 Å². The van der Waals surface area contributed by atoms with Crippen LogP contribution in [0.15, 0.2) is 22.7 Å². The second kappa shape index (κ2) is 5.36. The van der Waals surface area contributed by atoms with E-state index in [1.807, 2.05) is 18.2 Å². The standard InChI is InChI=1S/C13H15BrN2/c14-12-6-3-7-13(11(12)8-15)16-9-10-4-1-2-5-10/h3,6-7,10,16H,1-2,4-5,9H2. The normalized spacial score (nSPS) is 16.0. The number of halogens is 1. The van der Waals surface area contributed by atoms with E-state index in [1.165, 1.54) is 25.7 Å². The van der Waals surface area contributed by atoms with E-state index in [0.29, 0.717) is 5.56 Å². The van der Waals surface area contributed by atoms with Gasteiger partial charge in [-0.1, -0.05) is 18.9 Å². The molecule has 2 nitrogen and oxygen atoms in total. The molecule has 0 radical (unpaired) electrons. The SMILES string of the molecule is N#Cc1c(Br)cccc1NCC1CCCC1. The lowest BCUT2D eigenvalue weighted by Gasteiger charge is -2.13. The molecule has 2 rings (SSSR count). The quantitative estimate of drug-likeness (QED) is 0.910. The van der Waals surface area contributed by atoms with Gasteiger partial charge in [0.1, 0.15) is 6.07 Å². The van der Waals surface area contributed by atoms with Crippen LogP contribution in [0.3, 0.4) is 0 Å². The summed E-state index contributed by atoms with van der Waals surface area (Å²) in [4.78, 5) is 0. The Morgan fingerprint density at radius 3 is 2.81 bits per heavy atom. The summed E-state index contributed by atoms with van der Waals surface area (Å²) < 4.78 is 0.867. The van der Waals surface area contributed by atoms with Crippen LogP contribution in [-0.4, -0.2) is 6.54 Å². The summed E-state index contributed by atoms with van der Waals surface area (Å²) in [5.41, 5.74) is 1.66. The summed E-state index contributed by atoms with van der Waals surface area (Å²) in [6, 6.07) is 8.06. The van der Waals surface area contributed by atoms with Crippen LogP contribution in [-0.2, 0) is 0 Å². The molecule has 0 aromatic heterocycles. The van der Waals surface area contributed by atoms with Gasteiger partial charge in [-0.2, -0.15) is 5.26 Å². The van der Waals surface area contributed by atoms with E-state index in [1.54, 1.807) is 0 Å². The maximum absolute atomic E-state index is 9.07. The number of nitrogens with one attached hydrogen (secondary N) is 1. The molecule has 0 atom stereocenters. The van der Waals surface area contributed by atoms with Crippen molar-refractivity contribution in [2.45, 2.75) is 25.7 Å². The van der Waals surface area contributed by atoms with E-state index >= 15 is 0 Å².